The summed E-state index contributed by atoms with van der Waals surface area (Å²) in [4.78, 5) is 17.6. The second-order valence-corrected chi connectivity index (χ2v) is 7.42. The zero-order chi connectivity index (χ0) is 18.0. The average molecular weight is 392 g/mol. The van der Waals surface area contributed by atoms with Crippen LogP contribution in [0.2, 0.25) is 0 Å². The van der Waals surface area contributed by atoms with Crippen LogP contribution in [0.5, 0.6) is 0 Å². The van der Waals surface area contributed by atoms with E-state index in [0.29, 0.717) is 21.0 Å². The van der Waals surface area contributed by atoms with Crippen molar-refractivity contribution in [2.75, 3.05) is 19.0 Å². The maximum atomic E-state index is 10.8. The molecular formula is C15H13N5O2S3. The van der Waals surface area contributed by atoms with Crippen molar-refractivity contribution < 1.29 is 4.92 Å². The van der Waals surface area contributed by atoms with Gasteiger partial charge in [0, 0.05) is 36.8 Å². The summed E-state index contributed by atoms with van der Waals surface area (Å²) in [5.74, 6) is 0. The molecule has 0 N–H and O–H groups in total. The minimum absolute atomic E-state index is 0.0349. The van der Waals surface area contributed by atoms with E-state index < -0.39 is 4.92 Å². The van der Waals surface area contributed by atoms with E-state index in [-0.39, 0.29) is 5.69 Å². The molecule has 7 nitrogen and oxygen atoms in total. The third kappa shape index (κ3) is 3.91. The van der Waals surface area contributed by atoms with Gasteiger partial charge in [-0.05, 0) is 24.3 Å². The van der Waals surface area contributed by atoms with Gasteiger partial charge in [-0.1, -0.05) is 22.1 Å². The van der Waals surface area contributed by atoms with Crippen LogP contribution in [-0.4, -0.2) is 24.0 Å². The van der Waals surface area contributed by atoms with Crippen LogP contribution in [-0.2, 0) is 0 Å². The highest BCUT2D eigenvalue weighted by Crippen LogP contribution is 2.37. The van der Waals surface area contributed by atoms with Gasteiger partial charge in [0.2, 0.25) is 5.13 Å². The van der Waals surface area contributed by atoms with Gasteiger partial charge in [-0.15, -0.1) is 21.9 Å². The number of thiazole rings is 1. The number of thiol groups is 1. The Bertz CT molecular complexity index is 971. The number of rotatable bonds is 5. The van der Waals surface area contributed by atoms with Gasteiger partial charge >= 0.3 is 0 Å². The summed E-state index contributed by atoms with van der Waals surface area (Å²) in [6, 6.07) is 10.3. The molecule has 0 radical (unpaired) electrons. The van der Waals surface area contributed by atoms with Crippen LogP contribution in [0.3, 0.4) is 0 Å². The Labute approximate surface area is 156 Å². The van der Waals surface area contributed by atoms with Gasteiger partial charge in [0.05, 0.1) is 15.1 Å². The number of non-ortho nitro benzene ring substituents is 1. The Morgan fingerprint density at radius 1 is 1.24 bits per heavy atom. The molecule has 0 spiro atoms. The summed E-state index contributed by atoms with van der Waals surface area (Å²) in [6.07, 6.45) is 0. The first-order valence-electron chi connectivity index (χ1n) is 7.07. The predicted octanol–water partition coefficient (Wildman–Crippen LogP) is 5.62. The molecule has 3 aromatic rings. The lowest BCUT2D eigenvalue weighted by Gasteiger charge is -2.13. The number of azo groups is 1. The molecule has 0 unspecified atom stereocenters. The van der Waals surface area contributed by atoms with E-state index in [1.54, 1.807) is 6.07 Å². The molecular weight excluding hydrogens is 378 g/mol. The molecule has 3 rings (SSSR count). The Kier molecular flexibility index (Phi) is 5.21. The zero-order valence-electron chi connectivity index (χ0n) is 13.3. The Hall–Kier alpha value is -2.17. The van der Waals surface area contributed by atoms with Gasteiger partial charge in [-0.3, -0.25) is 10.1 Å². The first-order valence-corrected chi connectivity index (χ1v) is 9.76. The van der Waals surface area contributed by atoms with Crippen molar-refractivity contribution in [3.63, 3.8) is 0 Å². The van der Waals surface area contributed by atoms with Crippen molar-refractivity contribution in [2.24, 2.45) is 10.2 Å². The van der Waals surface area contributed by atoms with Crippen LogP contribution in [0.15, 0.2) is 51.5 Å². The fourth-order valence-electron chi connectivity index (χ4n) is 2.09. The largest absolute Gasteiger partial charge is 0.378 e. The molecule has 0 amide bonds. The van der Waals surface area contributed by atoms with Crippen molar-refractivity contribution in [1.82, 2.24) is 4.98 Å². The number of hydrogen-bond acceptors (Lipinski definition) is 9. The van der Waals surface area contributed by atoms with Crippen molar-refractivity contribution in [1.29, 1.82) is 0 Å². The molecule has 10 heteroatoms. The van der Waals surface area contributed by atoms with Gasteiger partial charge in [-0.25, -0.2) is 4.98 Å². The van der Waals surface area contributed by atoms with Gasteiger partial charge in [0.15, 0.2) is 0 Å². The SMILES string of the molecule is CN(C)c1ccc(N=Nc2nc3ccc([N+](=O)[O-])cc3s2)c(SS)c1. The predicted molar refractivity (Wildman–Crippen MR) is 106 cm³/mol. The monoisotopic (exact) mass is 391 g/mol. The molecule has 0 saturated heterocycles. The summed E-state index contributed by atoms with van der Waals surface area (Å²) < 4.78 is 0.704. The molecule has 25 heavy (non-hydrogen) atoms. The fourth-order valence-corrected chi connectivity index (χ4v) is 3.73. The quantitative estimate of drug-likeness (QED) is 0.200. The van der Waals surface area contributed by atoms with E-state index in [4.69, 9.17) is 0 Å². The molecule has 1 heterocycles. The molecule has 0 fully saturated rings. The van der Waals surface area contributed by atoms with Crippen molar-refractivity contribution in [3.05, 3.63) is 46.5 Å². The number of aromatic nitrogens is 1. The highest BCUT2D eigenvalue weighted by atomic mass is 33.1. The minimum atomic E-state index is -0.428. The molecule has 0 bridgehead atoms. The van der Waals surface area contributed by atoms with E-state index in [9.17, 15) is 10.1 Å². The van der Waals surface area contributed by atoms with Crippen LogP contribution in [0.4, 0.5) is 22.2 Å². The summed E-state index contributed by atoms with van der Waals surface area (Å²) in [5, 5.41) is 19.7. The van der Waals surface area contributed by atoms with E-state index in [1.807, 2.05) is 37.2 Å². The van der Waals surface area contributed by atoms with Crippen LogP contribution < -0.4 is 4.90 Å². The van der Waals surface area contributed by atoms with Crippen LogP contribution in [0, 0.1) is 10.1 Å². The molecule has 128 valence electrons. The third-order valence-electron chi connectivity index (χ3n) is 3.37. The lowest BCUT2D eigenvalue weighted by Crippen LogP contribution is -2.08. The number of nitro benzene ring substituents is 1. The first-order chi connectivity index (χ1) is 12.0. The second kappa shape index (κ2) is 7.38. The maximum Gasteiger partial charge on any atom is 0.270 e. The van der Waals surface area contributed by atoms with Gasteiger partial charge < -0.3 is 4.90 Å². The topological polar surface area (TPSA) is 84.0 Å². The number of nitrogens with zero attached hydrogens (tertiary/aromatic N) is 5. The summed E-state index contributed by atoms with van der Waals surface area (Å²) in [5.41, 5.74) is 2.43. The van der Waals surface area contributed by atoms with Crippen molar-refractivity contribution >= 4 is 66.2 Å². The number of anilines is 1. The lowest BCUT2D eigenvalue weighted by atomic mass is 10.3. The highest BCUT2D eigenvalue weighted by molar-refractivity contribution is 8.68. The number of nitro groups is 1. The van der Waals surface area contributed by atoms with Crippen LogP contribution >= 0.6 is 33.8 Å². The molecule has 0 saturated carbocycles. The average Bonchev–Trinajstić information content (AvgIpc) is 3.01. The normalized spacial score (nSPS) is 11.3. The van der Waals surface area contributed by atoms with Crippen LogP contribution in [0.1, 0.15) is 0 Å². The molecule has 0 aliphatic carbocycles. The van der Waals surface area contributed by atoms with Gasteiger partial charge in [0.1, 0.15) is 5.69 Å². The lowest BCUT2D eigenvalue weighted by molar-refractivity contribution is -0.384. The Balaban J connectivity index is 1.91. The summed E-state index contributed by atoms with van der Waals surface area (Å²) in [6.45, 7) is 0. The smallest absolute Gasteiger partial charge is 0.270 e. The van der Waals surface area contributed by atoms with E-state index in [0.717, 1.165) is 10.6 Å². The molecule has 1 aromatic heterocycles. The molecule has 0 atom stereocenters. The first kappa shape index (κ1) is 17.6. The molecule has 0 aliphatic heterocycles. The van der Waals surface area contributed by atoms with Gasteiger partial charge in [-0.2, -0.15) is 0 Å². The minimum Gasteiger partial charge on any atom is -0.378 e. The third-order valence-corrected chi connectivity index (χ3v) is 5.39. The molecule has 0 aliphatic rings. The molecule has 2 aromatic carbocycles. The standard InChI is InChI=1S/C15H13N5O2S3/c1-19(2)9-3-6-12(14(7-9)25-23)17-18-15-16-11-5-4-10(20(21)22)8-13(11)24-15/h3-8,23H,1-2H3. The summed E-state index contributed by atoms with van der Waals surface area (Å²) >= 11 is 5.53. The van der Waals surface area contributed by atoms with Crippen molar-refractivity contribution in [2.45, 2.75) is 4.90 Å². The fraction of sp³-hybridized carbons (Fsp3) is 0.133. The number of benzene rings is 2. The highest BCUT2D eigenvalue weighted by Gasteiger charge is 2.10. The maximum absolute atomic E-state index is 10.8. The Morgan fingerprint density at radius 2 is 2.04 bits per heavy atom. The van der Waals surface area contributed by atoms with Crippen molar-refractivity contribution in [3.8, 4) is 0 Å². The van der Waals surface area contributed by atoms with E-state index >= 15 is 0 Å². The van der Waals surface area contributed by atoms with Gasteiger partial charge in [0.25, 0.3) is 5.69 Å². The van der Waals surface area contributed by atoms with Crippen LogP contribution in [0.25, 0.3) is 10.2 Å². The van der Waals surface area contributed by atoms with E-state index in [2.05, 4.69) is 26.9 Å². The zero-order valence-corrected chi connectivity index (χ0v) is 15.8. The summed E-state index contributed by atoms with van der Waals surface area (Å²) in [7, 11) is 5.22. The van der Waals surface area contributed by atoms with E-state index in [1.165, 1.54) is 34.3 Å². The Morgan fingerprint density at radius 3 is 2.72 bits per heavy atom. The second-order valence-electron chi connectivity index (χ2n) is 5.24. The number of fused-ring (bicyclic) bond motifs is 1. The number of hydrogen-bond donors (Lipinski definition) is 1.